The van der Waals surface area contributed by atoms with Crippen molar-refractivity contribution >= 4 is 27.5 Å². The van der Waals surface area contributed by atoms with Crippen LogP contribution in [0.5, 0.6) is 0 Å². The molecule has 1 heterocycles. The Morgan fingerprint density at radius 2 is 2.28 bits per heavy atom. The third-order valence-corrected chi connectivity index (χ3v) is 3.74. The maximum absolute atomic E-state index is 5.90. The van der Waals surface area contributed by atoms with Crippen molar-refractivity contribution in [3.63, 3.8) is 0 Å². The molecule has 1 N–H and O–H groups in total. The van der Waals surface area contributed by atoms with Gasteiger partial charge in [0.15, 0.2) is 5.79 Å². The van der Waals surface area contributed by atoms with Gasteiger partial charge in [-0.05, 0) is 31.5 Å². The first-order valence-electron chi connectivity index (χ1n) is 5.93. The molecule has 1 aliphatic rings. The molecule has 1 aromatic rings. The highest BCUT2D eigenvalue weighted by Crippen LogP contribution is 2.23. The highest BCUT2D eigenvalue weighted by atomic mass is 79.9. The maximum atomic E-state index is 5.90. The van der Waals surface area contributed by atoms with Crippen LogP contribution in [-0.4, -0.2) is 25.0 Å². The van der Waals surface area contributed by atoms with Gasteiger partial charge in [-0.3, -0.25) is 0 Å². The summed E-state index contributed by atoms with van der Waals surface area (Å²) in [5.41, 5.74) is 1.18. The minimum Gasteiger partial charge on any atom is -0.348 e. The van der Waals surface area contributed by atoms with E-state index >= 15 is 0 Å². The van der Waals surface area contributed by atoms with Gasteiger partial charge in [0.05, 0.1) is 12.7 Å². The molecule has 1 unspecified atom stereocenters. The average Bonchev–Trinajstić information content (AvgIpc) is 2.61. The third-order valence-electron chi connectivity index (χ3n) is 2.77. The van der Waals surface area contributed by atoms with Crippen LogP contribution in [0.25, 0.3) is 0 Å². The average molecular weight is 335 g/mol. The first-order valence-corrected chi connectivity index (χ1v) is 7.10. The van der Waals surface area contributed by atoms with Gasteiger partial charge >= 0.3 is 0 Å². The molecule has 0 aromatic heterocycles. The SMILES string of the molecule is CC1(C)OCC(CNCc2ccc(Cl)cc2Br)O1. The second-order valence-corrected chi connectivity index (χ2v) is 6.11. The molecular weight excluding hydrogens is 318 g/mol. The number of rotatable bonds is 4. The fourth-order valence-electron chi connectivity index (χ4n) is 1.90. The van der Waals surface area contributed by atoms with Crippen LogP contribution in [0, 0.1) is 0 Å². The second kappa shape index (κ2) is 5.88. The van der Waals surface area contributed by atoms with E-state index in [0.29, 0.717) is 6.61 Å². The maximum Gasteiger partial charge on any atom is 0.163 e. The van der Waals surface area contributed by atoms with Gasteiger partial charge in [0, 0.05) is 22.6 Å². The fourth-order valence-corrected chi connectivity index (χ4v) is 2.72. The summed E-state index contributed by atoms with van der Waals surface area (Å²) < 4.78 is 12.2. The quantitative estimate of drug-likeness (QED) is 0.916. The zero-order valence-corrected chi connectivity index (χ0v) is 12.8. The Morgan fingerprint density at radius 1 is 1.50 bits per heavy atom. The van der Waals surface area contributed by atoms with Gasteiger partial charge < -0.3 is 14.8 Å². The predicted molar refractivity (Wildman–Crippen MR) is 75.8 cm³/mol. The summed E-state index contributed by atoms with van der Waals surface area (Å²) in [5, 5.41) is 4.10. The van der Waals surface area contributed by atoms with Crippen molar-refractivity contribution in [3.8, 4) is 0 Å². The van der Waals surface area contributed by atoms with Crippen LogP contribution in [0.1, 0.15) is 19.4 Å². The lowest BCUT2D eigenvalue weighted by molar-refractivity contribution is -0.137. The summed E-state index contributed by atoms with van der Waals surface area (Å²) in [6.45, 7) is 6.06. The van der Waals surface area contributed by atoms with Crippen LogP contribution in [0.2, 0.25) is 5.02 Å². The van der Waals surface area contributed by atoms with Gasteiger partial charge in [-0.15, -0.1) is 0 Å². The third kappa shape index (κ3) is 3.93. The summed E-state index contributed by atoms with van der Waals surface area (Å²) in [7, 11) is 0. The van der Waals surface area contributed by atoms with Crippen LogP contribution in [0.4, 0.5) is 0 Å². The van der Waals surface area contributed by atoms with Crippen molar-refractivity contribution in [1.82, 2.24) is 5.32 Å². The Hall–Kier alpha value is -0.130. The molecule has 0 bridgehead atoms. The van der Waals surface area contributed by atoms with Gasteiger partial charge in [-0.2, -0.15) is 0 Å². The highest BCUT2D eigenvalue weighted by molar-refractivity contribution is 9.10. The Morgan fingerprint density at radius 3 is 2.89 bits per heavy atom. The Labute approximate surface area is 121 Å². The number of nitrogens with one attached hydrogen (secondary N) is 1. The lowest BCUT2D eigenvalue weighted by atomic mass is 10.2. The van der Waals surface area contributed by atoms with E-state index in [-0.39, 0.29) is 6.10 Å². The molecular formula is C13H17BrClNO2. The Balaban J connectivity index is 1.79. The predicted octanol–water partition coefficient (Wildman–Crippen LogP) is 3.34. The van der Waals surface area contributed by atoms with E-state index < -0.39 is 5.79 Å². The zero-order valence-electron chi connectivity index (χ0n) is 10.5. The smallest absolute Gasteiger partial charge is 0.163 e. The van der Waals surface area contributed by atoms with Gasteiger partial charge in [0.2, 0.25) is 0 Å². The minimum atomic E-state index is -0.451. The second-order valence-electron chi connectivity index (χ2n) is 4.82. The molecule has 0 aliphatic carbocycles. The van der Waals surface area contributed by atoms with Crippen molar-refractivity contribution in [1.29, 1.82) is 0 Å². The first kappa shape index (κ1) is 14.3. The molecule has 1 atom stereocenters. The van der Waals surface area contributed by atoms with Gasteiger partial charge in [0.1, 0.15) is 0 Å². The summed E-state index contributed by atoms with van der Waals surface area (Å²) in [5.74, 6) is -0.451. The monoisotopic (exact) mass is 333 g/mol. The Kier molecular flexibility index (Phi) is 4.67. The summed E-state index contributed by atoms with van der Waals surface area (Å²) in [6, 6.07) is 5.80. The molecule has 5 heteroatoms. The van der Waals surface area contributed by atoms with Gasteiger partial charge in [-0.25, -0.2) is 0 Å². The Bertz CT molecular complexity index is 425. The standard InChI is InChI=1S/C13H17BrClNO2/c1-13(2)17-8-11(18-13)7-16-6-9-3-4-10(15)5-12(9)14/h3-5,11,16H,6-8H2,1-2H3. The number of halogens is 2. The van der Waals surface area contributed by atoms with E-state index in [0.717, 1.165) is 22.6 Å². The molecule has 1 aromatic carbocycles. The van der Waals surface area contributed by atoms with E-state index in [9.17, 15) is 0 Å². The van der Waals surface area contributed by atoms with Gasteiger partial charge in [0.25, 0.3) is 0 Å². The fraction of sp³-hybridized carbons (Fsp3) is 0.538. The van der Waals surface area contributed by atoms with Crippen molar-refractivity contribution in [3.05, 3.63) is 33.3 Å². The van der Waals surface area contributed by atoms with Crippen LogP contribution in [0.15, 0.2) is 22.7 Å². The molecule has 1 saturated heterocycles. The highest BCUT2D eigenvalue weighted by Gasteiger charge is 2.32. The van der Waals surface area contributed by atoms with Crippen molar-refractivity contribution in [2.45, 2.75) is 32.3 Å². The van der Waals surface area contributed by atoms with Crippen molar-refractivity contribution < 1.29 is 9.47 Å². The molecule has 1 fully saturated rings. The van der Waals surface area contributed by atoms with E-state index in [1.165, 1.54) is 5.56 Å². The number of ether oxygens (including phenoxy) is 2. The molecule has 1 aliphatic heterocycles. The number of hydrogen-bond donors (Lipinski definition) is 1. The zero-order chi connectivity index (χ0) is 13.2. The van der Waals surface area contributed by atoms with Crippen LogP contribution in [-0.2, 0) is 16.0 Å². The normalized spacial score (nSPS) is 22.3. The molecule has 0 amide bonds. The van der Waals surface area contributed by atoms with Crippen LogP contribution >= 0.6 is 27.5 Å². The minimum absolute atomic E-state index is 0.117. The lowest BCUT2D eigenvalue weighted by Gasteiger charge is -2.17. The van der Waals surface area contributed by atoms with E-state index in [2.05, 4.69) is 21.2 Å². The first-order chi connectivity index (χ1) is 8.46. The molecule has 3 nitrogen and oxygen atoms in total. The van der Waals surface area contributed by atoms with Crippen LogP contribution in [0.3, 0.4) is 0 Å². The van der Waals surface area contributed by atoms with E-state index in [1.807, 2.05) is 32.0 Å². The van der Waals surface area contributed by atoms with Crippen LogP contribution < -0.4 is 5.32 Å². The van der Waals surface area contributed by atoms with Gasteiger partial charge in [-0.1, -0.05) is 33.6 Å². The molecule has 18 heavy (non-hydrogen) atoms. The van der Waals surface area contributed by atoms with Crippen molar-refractivity contribution in [2.24, 2.45) is 0 Å². The summed E-state index contributed by atoms with van der Waals surface area (Å²) in [6.07, 6.45) is 0.117. The summed E-state index contributed by atoms with van der Waals surface area (Å²) >= 11 is 9.40. The molecule has 0 spiro atoms. The number of hydrogen-bond acceptors (Lipinski definition) is 3. The molecule has 0 radical (unpaired) electrons. The lowest BCUT2D eigenvalue weighted by Crippen LogP contribution is -2.30. The number of benzene rings is 1. The summed E-state index contributed by atoms with van der Waals surface area (Å²) in [4.78, 5) is 0. The molecule has 2 rings (SSSR count). The topological polar surface area (TPSA) is 30.5 Å². The molecule has 0 saturated carbocycles. The largest absolute Gasteiger partial charge is 0.348 e. The van der Waals surface area contributed by atoms with Crippen molar-refractivity contribution in [2.75, 3.05) is 13.2 Å². The molecule has 100 valence electrons. The van der Waals surface area contributed by atoms with E-state index in [1.54, 1.807) is 0 Å². The van der Waals surface area contributed by atoms with E-state index in [4.69, 9.17) is 21.1 Å².